The zero-order chi connectivity index (χ0) is 13.4. The smallest absolute Gasteiger partial charge is 0.228 e. The van der Waals surface area contributed by atoms with Gasteiger partial charge in [-0.05, 0) is 24.3 Å². The van der Waals surface area contributed by atoms with E-state index in [0.29, 0.717) is 19.8 Å². The Bertz CT molecular complexity index is 365. The average molecular weight is 252 g/mol. The van der Waals surface area contributed by atoms with Crippen molar-refractivity contribution in [2.45, 2.75) is 6.92 Å². The van der Waals surface area contributed by atoms with Gasteiger partial charge in [0.2, 0.25) is 5.91 Å². The largest absolute Gasteiger partial charge is 0.491 e. The number of anilines is 1. The number of hydrogen-bond acceptors (Lipinski definition) is 4. The molecule has 1 atom stereocenters. The van der Waals surface area contributed by atoms with Crippen LogP contribution in [0.2, 0.25) is 0 Å². The third kappa shape index (κ3) is 4.73. The van der Waals surface area contributed by atoms with Crippen LogP contribution in [0.3, 0.4) is 0 Å². The number of rotatable bonds is 7. The number of methoxy groups -OCH3 is 1. The molecule has 100 valence electrons. The fourth-order valence-corrected chi connectivity index (χ4v) is 1.25. The Morgan fingerprint density at radius 2 is 2.00 bits per heavy atom. The summed E-state index contributed by atoms with van der Waals surface area (Å²) in [6.07, 6.45) is 0. The van der Waals surface area contributed by atoms with Crippen molar-refractivity contribution in [1.29, 1.82) is 0 Å². The molecule has 1 aromatic rings. The van der Waals surface area contributed by atoms with E-state index in [1.165, 1.54) is 0 Å². The van der Waals surface area contributed by atoms with Gasteiger partial charge in [0.05, 0.1) is 6.61 Å². The van der Waals surface area contributed by atoms with E-state index in [4.69, 9.17) is 15.2 Å². The van der Waals surface area contributed by atoms with Crippen LogP contribution in [0.25, 0.3) is 0 Å². The number of nitrogens with one attached hydrogen (secondary N) is 1. The first kappa shape index (κ1) is 14.5. The standard InChI is InChI=1S/C13H20N2O3/c1-10(9-14)13(16)15-11-3-5-12(6-4-11)18-8-7-17-2/h3-6,10H,7-9,14H2,1-2H3,(H,15,16). The molecule has 1 amide bonds. The highest BCUT2D eigenvalue weighted by molar-refractivity contribution is 5.92. The van der Waals surface area contributed by atoms with Gasteiger partial charge in [-0.3, -0.25) is 4.79 Å². The van der Waals surface area contributed by atoms with Crippen LogP contribution in [-0.4, -0.2) is 32.8 Å². The molecule has 0 radical (unpaired) electrons. The van der Waals surface area contributed by atoms with Crippen LogP contribution in [0.15, 0.2) is 24.3 Å². The second kappa shape index (κ2) is 7.68. The molecule has 1 unspecified atom stereocenters. The highest BCUT2D eigenvalue weighted by atomic mass is 16.5. The van der Waals surface area contributed by atoms with Crippen LogP contribution < -0.4 is 15.8 Å². The molecule has 3 N–H and O–H groups in total. The lowest BCUT2D eigenvalue weighted by Gasteiger charge is -2.10. The highest BCUT2D eigenvalue weighted by Crippen LogP contribution is 2.16. The second-order valence-corrected chi connectivity index (χ2v) is 3.99. The van der Waals surface area contributed by atoms with Crippen molar-refractivity contribution in [2.24, 2.45) is 11.7 Å². The van der Waals surface area contributed by atoms with Crippen LogP contribution in [0.4, 0.5) is 5.69 Å². The molecule has 0 aliphatic carbocycles. The molecule has 0 spiro atoms. The Labute approximate surface area is 107 Å². The van der Waals surface area contributed by atoms with Crippen molar-refractivity contribution in [2.75, 3.05) is 32.2 Å². The van der Waals surface area contributed by atoms with Gasteiger partial charge in [-0.15, -0.1) is 0 Å². The van der Waals surface area contributed by atoms with Gasteiger partial charge in [-0.2, -0.15) is 0 Å². The zero-order valence-corrected chi connectivity index (χ0v) is 10.8. The Morgan fingerprint density at radius 3 is 2.56 bits per heavy atom. The summed E-state index contributed by atoms with van der Waals surface area (Å²) in [5.41, 5.74) is 6.16. The lowest BCUT2D eigenvalue weighted by atomic mass is 10.1. The van der Waals surface area contributed by atoms with Crippen molar-refractivity contribution in [3.05, 3.63) is 24.3 Å². The Balaban J connectivity index is 2.47. The Hall–Kier alpha value is -1.59. The van der Waals surface area contributed by atoms with Crippen LogP contribution in [0.5, 0.6) is 5.75 Å². The van der Waals surface area contributed by atoms with Crippen LogP contribution in [0.1, 0.15) is 6.92 Å². The zero-order valence-electron chi connectivity index (χ0n) is 10.8. The summed E-state index contributed by atoms with van der Waals surface area (Å²) in [5, 5.41) is 2.79. The molecule has 1 aromatic carbocycles. The van der Waals surface area contributed by atoms with E-state index in [1.54, 1.807) is 38.3 Å². The number of hydrogen-bond donors (Lipinski definition) is 2. The molecule has 0 aliphatic rings. The molecule has 0 saturated carbocycles. The van der Waals surface area contributed by atoms with Gasteiger partial charge >= 0.3 is 0 Å². The monoisotopic (exact) mass is 252 g/mol. The summed E-state index contributed by atoms with van der Waals surface area (Å²) in [4.78, 5) is 11.6. The molecule has 5 nitrogen and oxygen atoms in total. The number of amides is 1. The molecule has 18 heavy (non-hydrogen) atoms. The summed E-state index contributed by atoms with van der Waals surface area (Å²) < 4.78 is 10.3. The summed E-state index contributed by atoms with van der Waals surface area (Å²) >= 11 is 0. The quantitative estimate of drug-likeness (QED) is 0.716. The molecular formula is C13H20N2O3. The highest BCUT2D eigenvalue weighted by Gasteiger charge is 2.10. The fourth-order valence-electron chi connectivity index (χ4n) is 1.25. The maximum Gasteiger partial charge on any atom is 0.228 e. The lowest BCUT2D eigenvalue weighted by molar-refractivity contribution is -0.119. The van der Waals surface area contributed by atoms with Crippen molar-refractivity contribution in [3.8, 4) is 5.75 Å². The molecule has 0 saturated heterocycles. The van der Waals surface area contributed by atoms with E-state index < -0.39 is 0 Å². The predicted octanol–water partition coefficient (Wildman–Crippen LogP) is 1.25. The first-order valence-corrected chi connectivity index (χ1v) is 5.90. The normalized spacial score (nSPS) is 11.9. The molecule has 0 fully saturated rings. The van der Waals surface area contributed by atoms with Crippen molar-refractivity contribution in [1.82, 2.24) is 0 Å². The van der Waals surface area contributed by atoms with Gasteiger partial charge in [0.1, 0.15) is 12.4 Å². The van der Waals surface area contributed by atoms with Crippen molar-refractivity contribution < 1.29 is 14.3 Å². The molecular weight excluding hydrogens is 232 g/mol. The van der Waals surface area contributed by atoms with E-state index in [9.17, 15) is 4.79 Å². The van der Waals surface area contributed by atoms with Crippen LogP contribution >= 0.6 is 0 Å². The minimum absolute atomic E-state index is 0.0782. The van der Waals surface area contributed by atoms with Gasteiger partial charge in [0, 0.05) is 25.3 Å². The first-order valence-electron chi connectivity index (χ1n) is 5.90. The number of nitrogens with two attached hydrogens (primary N) is 1. The first-order chi connectivity index (χ1) is 8.67. The van der Waals surface area contributed by atoms with Crippen molar-refractivity contribution in [3.63, 3.8) is 0 Å². The summed E-state index contributed by atoms with van der Waals surface area (Å²) in [5.74, 6) is 0.477. The molecule has 0 aromatic heterocycles. The van der Waals surface area contributed by atoms with Gasteiger partial charge < -0.3 is 20.5 Å². The molecule has 5 heteroatoms. The number of ether oxygens (including phenoxy) is 2. The minimum Gasteiger partial charge on any atom is -0.491 e. The number of benzene rings is 1. The summed E-state index contributed by atoms with van der Waals surface area (Å²) in [6.45, 7) is 3.18. The predicted molar refractivity (Wildman–Crippen MR) is 70.7 cm³/mol. The third-order valence-corrected chi connectivity index (χ3v) is 2.48. The summed E-state index contributed by atoms with van der Waals surface area (Å²) in [6, 6.07) is 7.20. The maximum absolute atomic E-state index is 11.6. The number of carbonyl (C=O) groups is 1. The van der Waals surface area contributed by atoms with Gasteiger partial charge in [0.25, 0.3) is 0 Å². The van der Waals surface area contributed by atoms with E-state index in [-0.39, 0.29) is 11.8 Å². The van der Waals surface area contributed by atoms with E-state index in [0.717, 1.165) is 11.4 Å². The van der Waals surface area contributed by atoms with E-state index in [2.05, 4.69) is 5.32 Å². The second-order valence-electron chi connectivity index (χ2n) is 3.99. The van der Waals surface area contributed by atoms with Crippen LogP contribution in [-0.2, 0) is 9.53 Å². The topological polar surface area (TPSA) is 73.6 Å². The Morgan fingerprint density at radius 1 is 1.33 bits per heavy atom. The van der Waals surface area contributed by atoms with Gasteiger partial charge in [-0.25, -0.2) is 0 Å². The lowest BCUT2D eigenvalue weighted by Crippen LogP contribution is -2.26. The fraction of sp³-hybridized carbons (Fsp3) is 0.462. The van der Waals surface area contributed by atoms with E-state index >= 15 is 0 Å². The van der Waals surface area contributed by atoms with Gasteiger partial charge in [0.15, 0.2) is 0 Å². The molecule has 0 aliphatic heterocycles. The maximum atomic E-state index is 11.6. The Kier molecular flexibility index (Phi) is 6.18. The van der Waals surface area contributed by atoms with Crippen LogP contribution in [0, 0.1) is 5.92 Å². The minimum atomic E-state index is -0.192. The average Bonchev–Trinajstić information content (AvgIpc) is 2.40. The molecule has 1 rings (SSSR count). The SMILES string of the molecule is COCCOc1ccc(NC(=O)C(C)CN)cc1. The molecule has 0 bridgehead atoms. The summed E-state index contributed by atoms with van der Waals surface area (Å²) in [7, 11) is 1.63. The van der Waals surface area contributed by atoms with Crippen molar-refractivity contribution >= 4 is 11.6 Å². The third-order valence-electron chi connectivity index (χ3n) is 2.48. The van der Waals surface area contributed by atoms with E-state index in [1.807, 2.05) is 0 Å². The number of carbonyl (C=O) groups excluding carboxylic acids is 1. The molecule has 0 heterocycles. The van der Waals surface area contributed by atoms with Gasteiger partial charge in [-0.1, -0.05) is 6.92 Å².